The lowest BCUT2D eigenvalue weighted by Crippen LogP contribution is -2.49. The fraction of sp³-hybridized carbons (Fsp3) is 0.500. The molecule has 0 aliphatic heterocycles. The van der Waals surface area contributed by atoms with Gasteiger partial charge < -0.3 is 15.0 Å². The smallest absolute Gasteiger partial charge is 0.242 e. The second-order valence-electron chi connectivity index (χ2n) is 9.41. The highest BCUT2D eigenvalue weighted by Gasteiger charge is 2.29. The normalized spacial score (nSPS) is 12.2. The van der Waals surface area contributed by atoms with Gasteiger partial charge in [0, 0.05) is 26.1 Å². The van der Waals surface area contributed by atoms with Crippen molar-refractivity contribution < 1.29 is 22.7 Å². The third kappa shape index (κ3) is 9.39. The maximum atomic E-state index is 13.5. The first kappa shape index (κ1) is 30.2. The van der Waals surface area contributed by atoms with Gasteiger partial charge in [-0.05, 0) is 43.4 Å². The van der Waals surface area contributed by atoms with E-state index in [0.717, 1.165) is 11.8 Å². The average Bonchev–Trinajstić information content (AvgIpc) is 2.85. The van der Waals surface area contributed by atoms with Crippen molar-refractivity contribution >= 4 is 27.5 Å². The van der Waals surface area contributed by atoms with Crippen molar-refractivity contribution in [2.75, 3.05) is 30.3 Å². The van der Waals surface area contributed by atoms with Gasteiger partial charge in [0.1, 0.15) is 11.8 Å². The number of anilines is 1. The van der Waals surface area contributed by atoms with Crippen LogP contribution in [0.15, 0.2) is 54.6 Å². The number of nitrogens with zero attached hydrogens (tertiary/aromatic N) is 2. The Hall–Kier alpha value is -3.07. The van der Waals surface area contributed by atoms with Crippen LogP contribution >= 0.6 is 0 Å². The Balaban J connectivity index is 2.21. The summed E-state index contributed by atoms with van der Waals surface area (Å²) in [4.78, 5) is 28.1. The van der Waals surface area contributed by atoms with E-state index in [1.54, 1.807) is 29.2 Å². The van der Waals surface area contributed by atoms with Crippen molar-refractivity contribution in [3.63, 3.8) is 0 Å². The van der Waals surface area contributed by atoms with Crippen LogP contribution in [0.5, 0.6) is 5.75 Å². The minimum atomic E-state index is -3.61. The summed E-state index contributed by atoms with van der Waals surface area (Å²) < 4.78 is 32.2. The molecule has 0 saturated carbocycles. The van der Waals surface area contributed by atoms with Gasteiger partial charge >= 0.3 is 0 Å². The number of benzene rings is 2. The SMILES string of the molecule is CCOc1ccccc1N(CCCC(=O)N(Cc1ccccc1)[C@H](CC)C(=O)NCC(C)C)S(C)(=O)=O. The number of rotatable bonds is 15. The topological polar surface area (TPSA) is 96.0 Å². The van der Waals surface area contributed by atoms with Crippen LogP contribution in [-0.4, -0.2) is 57.1 Å². The van der Waals surface area contributed by atoms with E-state index in [1.165, 1.54) is 4.31 Å². The maximum Gasteiger partial charge on any atom is 0.242 e. The van der Waals surface area contributed by atoms with Gasteiger partial charge in [0.05, 0.1) is 18.6 Å². The zero-order valence-electron chi connectivity index (χ0n) is 22.6. The molecule has 1 atom stereocenters. The van der Waals surface area contributed by atoms with E-state index in [1.807, 2.05) is 58.0 Å². The van der Waals surface area contributed by atoms with Gasteiger partial charge in [0.2, 0.25) is 21.8 Å². The molecule has 0 spiro atoms. The van der Waals surface area contributed by atoms with E-state index in [2.05, 4.69) is 5.32 Å². The number of carbonyl (C=O) groups excluding carboxylic acids is 2. The third-order valence-electron chi connectivity index (χ3n) is 5.85. The second-order valence-corrected chi connectivity index (χ2v) is 11.3. The molecule has 0 saturated heterocycles. The summed E-state index contributed by atoms with van der Waals surface area (Å²) in [5.74, 6) is 0.396. The third-order valence-corrected chi connectivity index (χ3v) is 7.03. The number of sulfonamides is 1. The Kier molecular flexibility index (Phi) is 11.9. The zero-order valence-corrected chi connectivity index (χ0v) is 23.5. The predicted molar refractivity (Wildman–Crippen MR) is 148 cm³/mol. The molecule has 0 fully saturated rings. The van der Waals surface area contributed by atoms with Crippen LogP contribution in [-0.2, 0) is 26.2 Å². The highest BCUT2D eigenvalue weighted by molar-refractivity contribution is 7.92. The fourth-order valence-corrected chi connectivity index (χ4v) is 5.01. The molecular weight excluding hydrogens is 490 g/mol. The van der Waals surface area contributed by atoms with Gasteiger partial charge in [-0.3, -0.25) is 13.9 Å². The van der Waals surface area contributed by atoms with Crippen molar-refractivity contribution in [1.82, 2.24) is 10.2 Å². The molecule has 0 radical (unpaired) electrons. The molecule has 9 heteroatoms. The van der Waals surface area contributed by atoms with E-state index < -0.39 is 16.1 Å². The van der Waals surface area contributed by atoms with Crippen molar-refractivity contribution in [2.45, 2.75) is 59.5 Å². The lowest BCUT2D eigenvalue weighted by Gasteiger charge is -2.31. The lowest BCUT2D eigenvalue weighted by atomic mass is 10.1. The van der Waals surface area contributed by atoms with E-state index in [9.17, 15) is 18.0 Å². The number of nitrogens with one attached hydrogen (secondary N) is 1. The van der Waals surface area contributed by atoms with E-state index in [-0.39, 0.29) is 24.8 Å². The van der Waals surface area contributed by atoms with Crippen LogP contribution in [0, 0.1) is 5.92 Å². The summed E-state index contributed by atoms with van der Waals surface area (Å²) in [5, 5.41) is 2.95. The first-order valence-electron chi connectivity index (χ1n) is 12.9. The molecule has 37 heavy (non-hydrogen) atoms. The largest absolute Gasteiger partial charge is 0.492 e. The van der Waals surface area contributed by atoms with Gasteiger partial charge in [-0.2, -0.15) is 0 Å². The van der Waals surface area contributed by atoms with E-state index in [0.29, 0.717) is 49.9 Å². The summed E-state index contributed by atoms with van der Waals surface area (Å²) in [7, 11) is -3.61. The molecule has 2 rings (SSSR count). The quantitative estimate of drug-likeness (QED) is 0.371. The Labute approximate surface area is 222 Å². The van der Waals surface area contributed by atoms with Crippen LogP contribution in [0.3, 0.4) is 0 Å². The Morgan fingerprint density at radius 1 is 1.00 bits per heavy atom. The molecule has 2 aromatic rings. The Morgan fingerprint density at radius 3 is 2.24 bits per heavy atom. The maximum absolute atomic E-state index is 13.5. The highest BCUT2D eigenvalue weighted by Crippen LogP contribution is 2.30. The number of amides is 2. The Bertz CT molecular complexity index is 1110. The minimum Gasteiger partial charge on any atom is -0.492 e. The minimum absolute atomic E-state index is 0.101. The number of hydrogen-bond acceptors (Lipinski definition) is 5. The van der Waals surface area contributed by atoms with Crippen molar-refractivity contribution in [1.29, 1.82) is 0 Å². The summed E-state index contributed by atoms with van der Waals surface area (Å²) in [6, 6.07) is 15.9. The molecule has 2 amide bonds. The molecule has 204 valence electrons. The molecule has 1 N–H and O–H groups in total. The summed E-state index contributed by atoms with van der Waals surface area (Å²) in [5.41, 5.74) is 1.37. The number of ether oxygens (including phenoxy) is 1. The van der Waals surface area contributed by atoms with E-state index >= 15 is 0 Å². The highest BCUT2D eigenvalue weighted by atomic mass is 32.2. The standard InChI is InChI=1S/C28H41N3O5S/c1-6-24(28(33)29-20-22(3)4)30(21-23-14-9-8-10-15-23)27(32)18-13-19-31(37(5,34)35)25-16-11-12-17-26(25)36-7-2/h8-12,14-17,22,24H,6-7,13,18-21H2,1-5H3,(H,29,33)/t24-/m1/s1. The van der Waals surface area contributed by atoms with Gasteiger partial charge in [0.15, 0.2) is 0 Å². The molecule has 0 aromatic heterocycles. The van der Waals surface area contributed by atoms with Gasteiger partial charge in [-0.1, -0.05) is 63.2 Å². The summed E-state index contributed by atoms with van der Waals surface area (Å²) >= 11 is 0. The first-order chi connectivity index (χ1) is 17.6. The predicted octanol–water partition coefficient (Wildman–Crippen LogP) is 4.21. The van der Waals surface area contributed by atoms with Crippen molar-refractivity contribution in [3.8, 4) is 5.75 Å². The van der Waals surface area contributed by atoms with Crippen LogP contribution in [0.4, 0.5) is 5.69 Å². The Morgan fingerprint density at radius 2 is 1.65 bits per heavy atom. The first-order valence-corrected chi connectivity index (χ1v) is 14.7. The molecule has 0 unspecified atom stereocenters. The molecule has 0 heterocycles. The van der Waals surface area contributed by atoms with Gasteiger partial charge in [0.25, 0.3) is 0 Å². The number of carbonyl (C=O) groups is 2. The molecule has 0 bridgehead atoms. The van der Waals surface area contributed by atoms with Crippen LogP contribution in [0.1, 0.15) is 52.5 Å². The van der Waals surface area contributed by atoms with Crippen LogP contribution in [0.2, 0.25) is 0 Å². The van der Waals surface area contributed by atoms with Gasteiger partial charge in [-0.15, -0.1) is 0 Å². The molecule has 2 aromatic carbocycles. The van der Waals surface area contributed by atoms with Crippen molar-refractivity contribution in [2.24, 2.45) is 5.92 Å². The molecular formula is C28H41N3O5S. The molecule has 0 aliphatic rings. The molecule has 8 nitrogen and oxygen atoms in total. The number of para-hydroxylation sites is 2. The molecule has 0 aliphatic carbocycles. The van der Waals surface area contributed by atoms with E-state index in [4.69, 9.17) is 4.74 Å². The fourth-order valence-electron chi connectivity index (χ4n) is 4.05. The monoisotopic (exact) mass is 531 g/mol. The number of hydrogen-bond donors (Lipinski definition) is 1. The van der Waals surface area contributed by atoms with Crippen LogP contribution in [0.25, 0.3) is 0 Å². The van der Waals surface area contributed by atoms with Crippen molar-refractivity contribution in [3.05, 3.63) is 60.2 Å². The lowest BCUT2D eigenvalue weighted by molar-refractivity contribution is -0.141. The van der Waals surface area contributed by atoms with Crippen LogP contribution < -0.4 is 14.4 Å². The zero-order chi connectivity index (χ0) is 27.4. The second kappa shape index (κ2) is 14.6. The van der Waals surface area contributed by atoms with Gasteiger partial charge in [-0.25, -0.2) is 8.42 Å². The summed E-state index contributed by atoms with van der Waals surface area (Å²) in [6.45, 7) is 9.12. The summed E-state index contributed by atoms with van der Waals surface area (Å²) in [6.07, 6.45) is 2.01. The average molecular weight is 532 g/mol.